The van der Waals surface area contributed by atoms with Crippen LogP contribution in [0.2, 0.25) is 0 Å². The molecule has 0 spiro atoms. The Labute approximate surface area is 91.2 Å². The number of hydrogen-bond acceptors (Lipinski definition) is 3. The summed E-state index contributed by atoms with van der Waals surface area (Å²) in [5.74, 6) is -0.373. The summed E-state index contributed by atoms with van der Waals surface area (Å²) in [6.45, 7) is 5.48. The van der Waals surface area contributed by atoms with E-state index in [2.05, 4.69) is 5.32 Å². The summed E-state index contributed by atoms with van der Waals surface area (Å²) in [6, 6.07) is -0.247. The Kier molecular flexibility index (Phi) is 2.28. The molecule has 0 aliphatic carbocycles. The van der Waals surface area contributed by atoms with Crippen LogP contribution in [0.5, 0.6) is 0 Å². The highest BCUT2D eigenvalue weighted by atomic mass is 32.2. The standard InChI is InChI=1S/C10H15NO3S/c1-5(2)8(12)10-7(11-9(10)13)6(3)4-15(10)14/h4-5,7-8,12H,1-3H3,(H,11,13)/t7-,8-,10-,15?/m0/s1. The first-order valence-corrected chi connectivity index (χ1v) is 6.21. The second kappa shape index (κ2) is 3.15. The third kappa shape index (κ3) is 1.10. The quantitative estimate of drug-likeness (QED) is 0.650. The molecule has 2 heterocycles. The number of carbonyl (C=O) groups is 1. The Balaban J connectivity index is 2.42. The minimum absolute atomic E-state index is 0.0817. The van der Waals surface area contributed by atoms with Gasteiger partial charge < -0.3 is 10.4 Å². The molecule has 1 amide bonds. The maximum absolute atomic E-state index is 11.9. The number of nitrogens with one attached hydrogen (secondary N) is 1. The Hall–Kier alpha value is -0.680. The monoisotopic (exact) mass is 229 g/mol. The van der Waals surface area contributed by atoms with E-state index < -0.39 is 21.7 Å². The summed E-state index contributed by atoms with van der Waals surface area (Å²) in [7, 11) is -1.40. The molecule has 2 rings (SSSR count). The molecule has 2 N–H and O–H groups in total. The third-order valence-electron chi connectivity index (χ3n) is 3.21. The zero-order chi connectivity index (χ0) is 11.4. The lowest BCUT2D eigenvalue weighted by Gasteiger charge is -2.47. The van der Waals surface area contributed by atoms with Gasteiger partial charge in [-0.25, -0.2) is 0 Å². The molecule has 0 aromatic heterocycles. The van der Waals surface area contributed by atoms with E-state index in [1.165, 1.54) is 0 Å². The Morgan fingerprint density at radius 1 is 1.60 bits per heavy atom. The molecular weight excluding hydrogens is 214 g/mol. The number of aliphatic hydroxyl groups is 1. The predicted molar refractivity (Wildman–Crippen MR) is 57.4 cm³/mol. The minimum atomic E-state index is -1.40. The Morgan fingerprint density at radius 3 is 2.60 bits per heavy atom. The lowest BCUT2D eigenvalue weighted by atomic mass is 9.77. The highest BCUT2D eigenvalue weighted by molar-refractivity contribution is 7.90. The van der Waals surface area contributed by atoms with Crippen LogP contribution in [0.3, 0.4) is 0 Å². The van der Waals surface area contributed by atoms with Crippen LogP contribution in [-0.2, 0) is 15.6 Å². The SMILES string of the molecule is CC1=CS(=O)[C@@]2([C@@H](O)C(C)C)C(=O)N[C@@H]12. The third-order valence-corrected chi connectivity index (χ3v) is 5.13. The Morgan fingerprint density at radius 2 is 2.20 bits per heavy atom. The number of rotatable bonds is 2. The fourth-order valence-corrected chi connectivity index (χ4v) is 4.22. The van der Waals surface area contributed by atoms with Gasteiger partial charge in [-0.15, -0.1) is 0 Å². The molecule has 0 aromatic rings. The van der Waals surface area contributed by atoms with Gasteiger partial charge in [0.15, 0.2) is 4.75 Å². The van der Waals surface area contributed by atoms with Crippen LogP contribution >= 0.6 is 0 Å². The molecule has 2 aliphatic rings. The van der Waals surface area contributed by atoms with Crippen molar-refractivity contribution in [2.45, 2.75) is 37.7 Å². The Bertz CT molecular complexity index is 377. The summed E-state index contributed by atoms with van der Waals surface area (Å²) < 4.78 is 10.8. The molecule has 2 aliphatic heterocycles. The average Bonchev–Trinajstić information content (AvgIpc) is 2.32. The summed E-state index contributed by atoms with van der Waals surface area (Å²) in [5.41, 5.74) is 0.882. The minimum Gasteiger partial charge on any atom is -0.391 e. The first kappa shape index (κ1) is 10.8. The second-order valence-corrected chi connectivity index (χ2v) is 6.05. The number of amides is 1. The van der Waals surface area contributed by atoms with E-state index in [1.807, 2.05) is 20.8 Å². The number of aliphatic hydroxyl groups excluding tert-OH is 1. The van der Waals surface area contributed by atoms with Crippen molar-refractivity contribution in [3.63, 3.8) is 0 Å². The van der Waals surface area contributed by atoms with Crippen molar-refractivity contribution in [3.05, 3.63) is 11.0 Å². The zero-order valence-electron chi connectivity index (χ0n) is 8.98. The van der Waals surface area contributed by atoms with Crippen LogP contribution in [0, 0.1) is 5.92 Å². The molecular formula is C10H15NO3S. The van der Waals surface area contributed by atoms with E-state index in [-0.39, 0.29) is 17.9 Å². The van der Waals surface area contributed by atoms with E-state index >= 15 is 0 Å². The van der Waals surface area contributed by atoms with Gasteiger partial charge in [-0.1, -0.05) is 13.8 Å². The number of β-lactam (4-membered cyclic amide) rings is 1. The first-order chi connectivity index (χ1) is 6.92. The largest absolute Gasteiger partial charge is 0.391 e. The van der Waals surface area contributed by atoms with Gasteiger partial charge in [0.05, 0.1) is 22.9 Å². The fraction of sp³-hybridized carbons (Fsp3) is 0.700. The highest BCUT2D eigenvalue weighted by Gasteiger charge is 2.67. The van der Waals surface area contributed by atoms with Crippen LogP contribution in [-0.4, -0.2) is 32.1 Å². The van der Waals surface area contributed by atoms with Crippen molar-refractivity contribution >= 4 is 16.7 Å². The summed E-state index contributed by atoms with van der Waals surface area (Å²) >= 11 is 0. The van der Waals surface area contributed by atoms with Crippen LogP contribution in [0.25, 0.3) is 0 Å². The van der Waals surface area contributed by atoms with Gasteiger partial charge in [-0.2, -0.15) is 0 Å². The fourth-order valence-electron chi connectivity index (χ4n) is 2.32. The van der Waals surface area contributed by atoms with E-state index in [4.69, 9.17) is 0 Å². The number of carbonyl (C=O) groups excluding carboxylic acids is 1. The van der Waals surface area contributed by atoms with E-state index in [1.54, 1.807) is 5.41 Å². The molecule has 0 saturated carbocycles. The normalized spacial score (nSPS) is 40.6. The van der Waals surface area contributed by atoms with Gasteiger partial charge in [0, 0.05) is 5.41 Å². The van der Waals surface area contributed by atoms with E-state index in [0.717, 1.165) is 5.57 Å². The topological polar surface area (TPSA) is 66.4 Å². The van der Waals surface area contributed by atoms with Gasteiger partial charge in [0.2, 0.25) is 5.91 Å². The van der Waals surface area contributed by atoms with Gasteiger partial charge >= 0.3 is 0 Å². The molecule has 0 aromatic carbocycles. The van der Waals surface area contributed by atoms with Crippen molar-refractivity contribution in [3.8, 4) is 0 Å². The van der Waals surface area contributed by atoms with E-state index in [0.29, 0.717) is 0 Å². The summed E-state index contributed by atoms with van der Waals surface area (Å²) in [6.07, 6.45) is -0.856. The maximum atomic E-state index is 11.9. The van der Waals surface area contributed by atoms with Gasteiger partial charge in [-0.3, -0.25) is 9.00 Å². The maximum Gasteiger partial charge on any atom is 0.244 e. The average molecular weight is 229 g/mol. The van der Waals surface area contributed by atoms with Crippen molar-refractivity contribution < 1.29 is 14.1 Å². The van der Waals surface area contributed by atoms with Gasteiger partial charge in [-0.05, 0) is 18.4 Å². The highest BCUT2D eigenvalue weighted by Crippen LogP contribution is 2.43. The lowest BCUT2D eigenvalue weighted by molar-refractivity contribution is -0.137. The van der Waals surface area contributed by atoms with Crippen LogP contribution in [0.4, 0.5) is 0 Å². The zero-order valence-corrected chi connectivity index (χ0v) is 9.80. The molecule has 84 valence electrons. The van der Waals surface area contributed by atoms with Gasteiger partial charge in [0.25, 0.3) is 0 Å². The molecule has 1 fully saturated rings. The molecule has 5 heteroatoms. The molecule has 1 unspecified atom stereocenters. The van der Waals surface area contributed by atoms with E-state index in [9.17, 15) is 14.1 Å². The summed E-state index contributed by atoms with van der Waals surface area (Å²) in [4.78, 5) is 11.6. The molecule has 15 heavy (non-hydrogen) atoms. The molecule has 4 nitrogen and oxygen atoms in total. The van der Waals surface area contributed by atoms with Crippen molar-refractivity contribution in [1.82, 2.24) is 5.32 Å². The van der Waals surface area contributed by atoms with Crippen LogP contribution < -0.4 is 5.32 Å². The smallest absolute Gasteiger partial charge is 0.244 e. The molecule has 4 atom stereocenters. The molecule has 0 bridgehead atoms. The van der Waals surface area contributed by atoms with Gasteiger partial charge in [0.1, 0.15) is 0 Å². The summed E-state index contributed by atoms with van der Waals surface area (Å²) in [5, 5.41) is 14.4. The second-order valence-electron chi connectivity index (χ2n) is 4.55. The van der Waals surface area contributed by atoms with Crippen molar-refractivity contribution in [2.75, 3.05) is 0 Å². The predicted octanol–water partition coefficient (Wildman–Crippen LogP) is -0.0934. The van der Waals surface area contributed by atoms with Crippen molar-refractivity contribution in [2.24, 2.45) is 5.92 Å². The molecule has 0 radical (unpaired) electrons. The number of hydrogen-bond donors (Lipinski definition) is 2. The van der Waals surface area contributed by atoms with Crippen LogP contribution in [0.15, 0.2) is 11.0 Å². The molecule has 1 saturated heterocycles. The van der Waals surface area contributed by atoms with Crippen LogP contribution in [0.1, 0.15) is 20.8 Å². The van der Waals surface area contributed by atoms with Crippen molar-refractivity contribution in [1.29, 1.82) is 0 Å². The lowest BCUT2D eigenvalue weighted by Crippen LogP contribution is -2.77. The first-order valence-electron chi connectivity index (χ1n) is 5.00. The number of fused-ring (bicyclic) bond motifs is 1.